The van der Waals surface area contributed by atoms with Crippen molar-refractivity contribution in [2.24, 2.45) is 5.92 Å². The maximum atomic E-state index is 10.7. The van der Waals surface area contributed by atoms with Crippen LogP contribution >= 0.6 is 0 Å². The van der Waals surface area contributed by atoms with Crippen LogP contribution in [0.15, 0.2) is 23.5 Å². The van der Waals surface area contributed by atoms with Crippen molar-refractivity contribution in [1.29, 1.82) is 0 Å². The Kier molecular flexibility index (Phi) is 1.63. The first-order valence-corrected chi connectivity index (χ1v) is 3.41. The fourth-order valence-electron chi connectivity index (χ4n) is 1.11. The van der Waals surface area contributed by atoms with E-state index in [0.717, 1.165) is 0 Å². The molecule has 11 heavy (non-hydrogen) atoms. The van der Waals surface area contributed by atoms with Crippen molar-refractivity contribution in [2.75, 3.05) is 0 Å². The van der Waals surface area contributed by atoms with Gasteiger partial charge in [0, 0.05) is 11.6 Å². The zero-order chi connectivity index (χ0) is 9.30. The normalized spacial score (nSPS) is 25.5. The Labute approximate surface area is 66.8 Å². The van der Waals surface area contributed by atoms with Gasteiger partial charge in [-0.1, -0.05) is 13.0 Å². The standard InChI is InChI=1S/C8H11NO2/c1-5-3-4-9-6(2)7(5)8(10)11/h3-5,9H,1-2H3,(H,10,11)/i3D. The van der Waals surface area contributed by atoms with Crippen molar-refractivity contribution in [3.05, 3.63) is 23.5 Å². The summed E-state index contributed by atoms with van der Waals surface area (Å²) in [4.78, 5) is 10.7. The Morgan fingerprint density at radius 3 is 3.00 bits per heavy atom. The van der Waals surface area contributed by atoms with Crippen LogP contribution in [0.3, 0.4) is 0 Å². The van der Waals surface area contributed by atoms with E-state index in [2.05, 4.69) is 5.32 Å². The lowest BCUT2D eigenvalue weighted by atomic mass is 9.97. The molecule has 0 amide bonds. The minimum Gasteiger partial charge on any atom is -0.478 e. The number of rotatable bonds is 1. The van der Waals surface area contributed by atoms with Crippen molar-refractivity contribution in [3.63, 3.8) is 0 Å². The summed E-state index contributed by atoms with van der Waals surface area (Å²) in [5.74, 6) is -1.27. The molecule has 0 aromatic carbocycles. The van der Waals surface area contributed by atoms with Gasteiger partial charge in [-0.3, -0.25) is 0 Å². The monoisotopic (exact) mass is 154 g/mol. The Morgan fingerprint density at radius 2 is 2.55 bits per heavy atom. The molecule has 1 aliphatic rings. The fraction of sp³-hybridized carbons (Fsp3) is 0.375. The molecular weight excluding hydrogens is 142 g/mol. The molecule has 3 heteroatoms. The smallest absolute Gasteiger partial charge is 0.333 e. The average molecular weight is 154 g/mol. The van der Waals surface area contributed by atoms with E-state index in [1.54, 1.807) is 13.8 Å². The lowest BCUT2D eigenvalue weighted by Crippen LogP contribution is -2.20. The molecule has 3 nitrogen and oxygen atoms in total. The summed E-state index contributed by atoms with van der Waals surface area (Å²) in [5, 5.41) is 11.5. The molecule has 1 heterocycles. The molecule has 0 fully saturated rings. The second-order valence-electron chi connectivity index (χ2n) is 2.52. The highest BCUT2D eigenvalue weighted by molar-refractivity contribution is 5.88. The highest BCUT2D eigenvalue weighted by Crippen LogP contribution is 2.18. The summed E-state index contributed by atoms with van der Waals surface area (Å²) in [6.07, 6.45) is 1.52. The Morgan fingerprint density at radius 1 is 1.91 bits per heavy atom. The first kappa shape index (κ1) is 6.46. The Hall–Kier alpha value is -1.25. The predicted molar refractivity (Wildman–Crippen MR) is 41.8 cm³/mol. The summed E-state index contributed by atoms with van der Waals surface area (Å²) in [5.41, 5.74) is 0.897. The van der Waals surface area contributed by atoms with Crippen molar-refractivity contribution in [3.8, 4) is 0 Å². The minimum atomic E-state index is -0.953. The van der Waals surface area contributed by atoms with Gasteiger partial charge in [-0.25, -0.2) is 4.79 Å². The van der Waals surface area contributed by atoms with Crippen LogP contribution < -0.4 is 5.32 Å². The van der Waals surface area contributed by atoms with E-state index >= 15 is 0 Å². The summed E-state index contributed by atoms with van der Waals surface area (Å²) >= 11 is 0. The van der Waals surface area contributed by atoms with E-state index in [0.29, 0.717) is 11.7 Å². The minimum absolute atomic E-state index is 0.280. The van der Waals surface area contributed by atoms with E-state index in [1.807, 2.05) is 0 Å². The van der Waals surface area contributed by atoms with Gasteiger partial charge < -0.3 is 10.4 Å². The summed E-state index contributed by atoms with van der Waals surface area (Å²) < 4.78 is 7.39. The van der Waals surface area contributed by atoms with Gasteiger partial charge in [0.25, 0.3) is 0 Å². The van der Waals surface area contributed by atoms with Gasteiger partial charge in [0.1, 0.15) is 0 Å². The summed E-state index contributed by atoms with van der Waals surface area (Å²) in [7, 11) is 0. The molecule has 0 saturated carbocycles. The molecule has 1 rings (SSSR count). The largest absolute Gasteiger partial charge is 0.478 e. The van der Waals surface area contributed by atoms with Gasteiger partial charge in [0.15, 0.2) is 0 Å². The first-order valence-electron chi connectivity index (χ1n) is 3.91. The van der Waals surface area contributed by atoms with Crippen LogP contribution in [0.1, 0.15) is 15.2 Å². The van der Waals surface area contributed by atoms with Gasteiger partial charge in [-0.15, -0.1) is 0 Å². The average Bonchev–Trinajstić information content (AvgIpc) is 1.97. The van der Waals surface area contributed by atoms with E-state index in [1.165, 1.54) is 6.20 Å². The molecule has 0 aromatic rings. The number of aliphatic carboxylic acids is 1. The Bertz CT molecular complexity index is 281. The SMILES string of the molecule is [2H]C1=CNC(C)=C(C(=O)O)C1C. The van der Waals surface area contributed by atoms with Gasteiger partial charge in [0.2, 0.25) is 0 Å². The van der Waals surface area contributed by atoms with Crippen LogP contribution in [0.2, 0.25) is 0 Å². The molecule has 1 atom stereocenters. The number of allylic oxidation sites excluding steroid dienone is 2. The van der Waals surface area contributed by atoms with Crippen molar-refractivity contribution in [2.45, 2.75) is 13.8 Å². The molecule has 2 N–H and O–H groups in total. The number of carboxylic acids is 1. The third kappa shape index (κ3) is 1.42. The molecule has 0 bridgehead atoms. The third-order valence-electron chi connectivity index (χ3n) is 1.69. The number of carboxylic acid groups (broad SMARTS) is 1. The van der Waals surface area contributed by atoms with Crippen molar-refractivity contribution in [1.82, 2.24) is 5.32 Å². The maximum absolute atomic E-state index is 10.7. The highest BCUT2D eigenvalue weighted by atomic mass is 16.4. The molecular formula is C8H11NO2. The molecule has 0 saturated heterocycles. The van der Waals surface area contributed by atoms with Crippen LogP contribution in [0, 0.1) is 5.92 Å². The second-order valence-corrected chi connectivity index (χ2v) is 2.52. The topological polar surface area (TPSA) is 49.3 Å². The second kappa shape index (κ2) is 2.78. The van der Waals surface area contributed by atoms with Gasteiger partial charge in [-0.05, 0) is 13.1 Å². The Balaban J connectivity index is 3.02. The lowest BCUT2D eigenvalue weighted by molar-refractivity contribution is -0.133. The predicted octanol–water partition coefficient (Wildman–Crippen LogP) is 1.10. The summed E-state index contributed by atoms with van der Waals surface area (Å²) in [6, 6.07) is 0.304. The molecule has 60 valence electrons. The van der Waals surface area contributed by atoms with Crippen LogP contribution in [-0.2, 0) is 4.79 Å². The van der Waals surface area contributed by atoms with Gasteiger partial charge in [0.05, 0.1) is 6.94 Å². The van der Waals surface area contributed by atoms with Crippen LogP contribution in [0.25, 0.3) is 0 Å². The van der Waals surface area contributed by atoms with E-state index in [-0.39, 0.29) is 11.5 Å². The number of carbonyl (C=O) groups is 1. The van der Waals surface area contributed by atoms with Crippen LogP contribution in [0.5, 0.6) is 0 Å². The highest BCUT2D eigenvalue weighted by Gasteiger charge is 2.18. The molecule has 0 aromatic heterocycles. The van der Waals surface area contributed by atoms with Crippen LogP contribution in [-0.4, -0.2) is 11.1 Å². The quantitative estimate of drug-likeness (QED) is 0.594. The van der Waals surface area contributed by atoms with Crippen LogP contribution in [0.4, 0.5) is 0 Å². The van der Waals surface area contributed by atoms with E-state index in [9.17, 15) is 4.79 Å². The third-order valence-corrected chi connectivity index (χ3v) is 1.69. The number of hydrogen-bond acceptors (Lipinski definition) is 2. The zero-order valence-corrected chi connectivity index (χ0v) is 6.51. The molecule has 0 radical (unpaired) electrons. The molecule has 1 unspecified atom stereocenters. The molecule has 1 aliphatic heterocycles. The number of hydrogen-bond donors (Lipinski definition) is 2. The van der Waals surface area contributed by atoms with Crippen molar-refractivity contribution < 1.29 is 11.3 Å². The molecule has 0 spiro atoms. The fourth-order valence-corrected chi connectivity index (χ4v) is 1.11. The first-order chi connectivity index (χ1) is 5.54. The van der Waals surface area contributed by atoms with Gasteiger partial charge in [-0.2, -0.15) is 0 Å². The lowest BCUT2D eigenvalue weighted by Gasteiger charge is -2.16. The van der Waals surface area contributed by atoms with E-state index < -0.39 is 5.97 Å². The van der Waals surface area contributed by atoms with Crippen molar-refractivity contribution >= 4 is 5.97 Å². The summed E-state index contributed by atoms with van der Waals surface area (Å²) in [6.45, 7) is 3.41. The van der Waals surface area contributed by atoms with E-state index in [4.69, 9.17) is 6.48 Å². The molecule has 0 aliphatic carbocycles. The van der Waals surface area contributed by atoms with Gasteiger partial charge >= 0.3 is 5.97 Å². The number of nitrogens with one attached hydrogen (secondary N) is 1. The number of dihydropyridines is 1. The zero-order valence-electron chi connectivity index (χ0n) is 7.51. The maximum Gasteiger partial charge on any atom is 0.333 e.